The first-order valence-corrected chi connectivity index (χ1v) is 12.9. The van der Waals surface area contributed by atoms with E-state index in [1.807, 2.05) is 12.3 Å². The van der Waals surface area contributed by atoms with Gasteiger partial charge >= 0.3 is 6.92 Å². The summed E-state index contributed by atoms with van der Waals surface area (Å²) >= 11 is 0. The van der Waals surface area contributed by atoms with Gasteiger partial charge in [0.2, 0.25) is 0 Å². The minimum Gasteiger partial charge on any atom is -0.472 e. The van der Waals surface area contributed by atoms with Crippen molar-refractivity contribution < 1.29 is 9.07 Å². The average Bonchev–Trinajstić information content (AvgIpc) is 3.26. The Morgan fingerprint density at radius 1 is 1.03 bits per heavy atom. The monoisotopic (exact) mass is 422 g/mol. The molecule has 0 saturated heterocycles. The fourth-order valence-electron chi connectivity index (χ4n) is 8.84. The molecule has 6 fully saturated rings. The normalized spacial score (nSPS) is 42.8. The van der Waals surface area contributed by atoms with Gasteiger partial charge in [-0.05, 0) is 83.3 Å². The molecule has 4 bridgehead atoms. The second-order valence-corrected chi connectivity index (χ2v) is 12.9. The quantitative estimate of drug-likeness (QED) is 0.328. The first-order valence-electron chi connectivity index (χ1n) is 12.9. The fraction of sp³-hybridized carbons (Fsp3) is 0.786. The Bertz CT molecular complexity index is 754. The van der Waals surface area contributed by atoms with Crippen molar-refractivity contribution >= 4 is 6.92 Å². The molecule has 6 saturated carbocycles. The molecule has 0 spiro atoms. The molecule has 31 heavy (non-hydrogen) atoms. The lowest BCUT2D eigenvalue weighted by atomic mass is 9.27. The third-order valence-electron chi connectivity index (χ3n) is 11.3. The van der Waals surface area contributed by atoms with Crippen molar-refractivity contribution in [1.82, 2.24) is 0 Å². The van der Waals surface area contributed by atoms with Crippen LogP contribution in [0.15, 0.2) is 35.7 Å². The van der Waals surface area contributed by atoms with E-state index in [0.29, 0.717) is 29.4 Å². The molecule has 1 aromatic heterocycles. The summed E-state index contributed by atoms with van der Waals surface area (Å²) in [6, 6.07) is 2.08. The average molecular weight is 422 g/mol. The zero-order valence-electron chi connectivity index (χ0n) is 20.6. The van der Waals surface area contributed by atoms with Gasteiger partial charge in [0.15, 0.2) is 0 Å². The molecule has 6 aliphatic carbocycles. The second-order valence-electron chi connectivity index (χ2n) is 12.9. The SMILES string of the molecule is C=CC[C@H](OB([C@@H]1C[C@@H]2C[C@H]([C@H]1C)C2(C)C)[C@@H]1C[C@@H]2C[C@H]([C@H]1C)C2(C)C)c1ccoc1. The Labute approximate surface area is 190 Å². The summed E-state index contributed by atoms with van der Waals surface area (Å²) in [7, 11) is 0. The van der Waals surface area contributed by atoms with Gasteiger partial charge in [0.05, 0.1) is 18.6 Å². The highest BCUT2D eigenvalue weighted by Crippen LogP contribution is 2.69. The predicted octanol–water partition coefficient (Wildman–Crippen LogP) is 8.05. The minimum absolute atomic E-state index is 0.0678. The Morgan fingerprint density at radius 2 is 1.58 bits per heavy atom. The van der Waals surface area contributed by atoms with E-state index in [-0.39, 0.29) is 6.10 Å². The van der Waals surface area contributed by atoms with E-state index < -0.39 is 0 Å². The predicted molar refractivity (Wildman–Crippen MR) is 129 cm³/mol. The van der Waals surface area contributed by atoms with Gasteiger partial charge in [0.1, 0.15) is 0 Å². The molecule has 0 aliphatic heterocycles. The lowest BCUT2D eigenvalue weighted by Crippen LogP contribution is -2.60. The number of hydrogen-bond acceptors (Lipinski definition) is 2. The molecule has 1 aromatic rings. The van der Waals surface area contributed by atoms with Crippen LogP contribution in [0.1, 0.15) is 85.3 Å². The van der Waals surface area contributed by atoms with Crippen molar-refractivity contribution in [3.63, 3.8) is 0 Å². The molecule has 3 heteroatoms. The molecular formula is C28H43BO2. The van der Waals surface area contributed by atoms with Gasteiger partial charge in [-0.25, -0.2) is 0 Å². The minimum atomic E-state index is 0.0678. The number of fused-ring (bicyclic) bond motifs is 4. The fourth-order valence-corrected chi connectivity index (χ4v) is 8.84. The highest BCUT2D eigenvalue weighted by atomic mass is 16.4. The number of rotatable bonds is 7. The van der Waals surface area contributed by atoms with Crippen LogP contribution in [0.4, 0.5) is 0 Å². The van der Waals surface area contributed by atoms with Crippen LogP contribution in [0.25, 0.3) is 0 Å². The lowest BCUT2D eigenvalue weighted by molar-refractivity contribution is -0.112. The maximum absolute atomic E-state index is 7.20. The van der Waals surface area contributed by atoms with Crippen molar-refractivity contribution in [2.75, 3.05) is 0 Å². The number of furan rings is 1. The van der Waals surface area contributed by atoms with E-state index in [9.17, 15) is 0 Å². The summed E-state index contributed by atoms with van der Waals surface area (Å²) < 4.78 is 12.6. The first-order chi connectivity index (χ1) is 14.7. The van der Waals surface area contributed by atoms with Crippen LogP contribution in [-0.4, -0.2) is 6.92 Å². The zero-order chi connectivity index (χ0) is 22.1. The Morgan fingerprint density at radius 3 is 1.97 bits per heavy atom. The van der Waals surface area contributed by atoms with Crippen molar-refractivity contribution in [3.8, 4) is 0 Å². The topological polar surface area (TPSA) is 22.4 Å². The summed E-state index contributed by atoms with van der Waals surface area (Å²) in [5.74, 6) is 6.34. The van der Waals surface area contributed by atoms with E-state index in [2.05, 4.69) is 54.2 Å². The molecule has 0 aromatic carbocycles. The standard InChI is InChI=1S/C28H43BO2/c1-8-9-26(19-10-11-30-16-19)31-29(24-14-20-12-22(17(24)2)27(20,4)5)25-15-21-13-23(18(25)3)28(21,6)7/h8,10-11,16-18,20-26H,1,9,12-15H2,2-7H3/t17-,18-,20+,21+,22-,23-,24-,25-,26+/m1/s1. The first kappa shape index (κ1) is 21.9. The largest absolute Gasteiger partial charge is 0.472 e. The van der Waals surface area contributed by atoms with Crippen molar-refractivity contribution in [3.05, 3.63) is 36.8 Å². The van der Waals surface area contributed by atoms with Crippen LogP contribution >= 0.6 is 0 Å². The summed E-state index contributed by atoms with van der Waals surface area (Å²) in [5.41, 5.74) is 2.22. The molecule has 6 aliphatic rings. The molecule has 0 radical (unpaired) electrons. The summed E-state index contributed by atoms with van der Waals surface area (Å²) in [6.45, 7) is 19.5. The molecule has 2 nitrogen and oxygen atoms in total. The maximum atomic E-state index is 7.20. The highest BCUT2D eigenvalue weighted by Gasteiger charge is 2.63. The maximum Gasteiger partial charge on any atom is 0.300 e. The lowest BCUT2D eigenvalue weighted by Gasteiger charge is -2.66. The molecule has 0 N–H and O–H groups in total. The van der Waals surface area contributed by atoms with Crippen molar-refractivity contribution in [2.24, 2.45) is 46.3 Å². The molecule has 1 heterocycles. The molecule has 7 rings (SSSR count). The van der Waals surface area contributed by atoms with E-state index in [0.717, 1.165) is 41.9 Å². The third-order valence-corrected chi connectivity index (χ3v) is 11.3. The molecule has 170 valence electrons. The third kappa shape index (κ3) is 3.23. The van der Waals surface area contributed by atoms with Gasteiger partial charge in [0, 0.05) is 5.56 Å². The van der Waals surface area contributed by atoms with Gasteiger partial charge < -0.3 is 9.07 Å². The van der Waals surface area contributed by atoms with Crippen LogP contribution in [-0.2, 0) is 4.65 Å². The van der Waals surface area contributed by atoms with E-state index >= 15 is 0 Å². The van der Waals surface area contributed by atoms with Crippen LogP contribution in [0.2, 0.25) is 11.6 Å². The van der Waals surface area contributed by atoms with Crippen LogP contribution in [0.3, 0.4) is 0 Å². The summed E-state index contributed by atoms with van der Waals surface area (Å²) in [5, 5.41) is 0. The van der Waals surface area contributed by atoms with E-state index in [1.165, 1.54) is 31.2 Å². The number of hydrogen-bond donors (Lipinski definition) is 0. The molecule has 0 amide bonds. The van der Waals surface area contributed by atoms with Gasteiger partial charge in [-0.1, -0.05) is 60.5 Å². The van der Waals surface area contributed by atoms with Gasteiger partial charge in [-0.2, -0.15) is 0 Å². The van der Waals surface area contributed by atoms with Gasteiger partial charge in [0.25, 0.3) is 0 Å². The summed E-state index contributed by atoms with van der Waals surface area (Å²) in [4.78, 5) is 0. The van der Waals surface area contributed by atoms with Crippen LogP contribution in [0, 0.1) is 46.3 Å². The Balaban J connectivity index is 1.44. The second kappa shape index (κ2) is 7.54. The van der Waals surface area contributed by atoms with E-state index in [1.54, 1.807) is 6.26 Å². The van der Waals surface area contributed by atoms with Gasteiger partial charge in [-0.15, -0.1) is 6.58 Å². The Hall–Kier alpha value is -0.955. The molecule has 9 atom stereocenters. The summed E-state index contributed by atoms with van der Waals surface area (Å²) in [6.07, 6.45) is 12.2. The van der Waals surface area contributed by atoms with E-state index in [4.69, 9.17) is 9.07 Å². The van der Waals surface area contributed by atoms with Crippen LogP contribution in [0.5, 0.6) is 0 Å². The molecular weight excluding hydrogens is 379 g/mol. The van der Waals surface area contributed by atoms with Crippen molar-refractivity contribution in [1.29, 1.82) is 0 Å². The van der Waals surface area contributed by atoms with Crippen molar-refractivity contribution in [2.45, 2.75) is 91.4 Å². The Kier molecular flexibility index (Phi) is 5.32. The smallest absolute Gasteiger partial charge is 0.300 e. The zero-order valence-corrected chi connectivity index (χ0v) is 20.6. The molecule has 0 unspecified atom stereocenters. The van der Waals surface area contributed by atoms with Crippen LogP contribution < -0.4 is 0 Å². The van der Waals surface area contributed by atoms with Gasteiger partial charge in [-0.3, -0.25) is 0 Å². The highest BCUT2D eigenvalue weighted by molar-refractivity contribution is 6.55.